The van der Waals surface area contributed by atoms with Gasteiger partial charge in [0.25, 0.3) is 5.69 Å². The van der Waals surface area contributed by atoms with Crippen LogP contribution in [0, 0.1) is 10.1 Å². The van der Waals surface area contributed by atoms with Gasteiger partial charge in [0.2, 0.25) is 5.78 Å². The third-order valence-corrected chi connectivity index (χ3v) is 3.28. The molecule has 1 fully saturated rings. The molecule has 19 heavy (non-hydrogen) atoms. The number of para-hydroxylation sites is 1. The SMILES string of the molecule is O=C(C(=S)N1CCOCC1)c1ccccc1[N+](=O)[O-]. The van der Waals surface area contributed by atoms with Gasteiger partial charge in [-0.1, -0.05) is 24.4 Å². The molecule has 0 aromatic heterocycles. The Labute approximate surface area is 115 Å². The molecule has 0 atom stereocenters. The van der Waals surface area contributed by atoms with Crippen LogP contribution in [0.25, 0.3) is 0 Å². The summed E-state index contributed by atoms with van der Waals surface area (Å²) in [5.41, 5.74) is -0.188. The fraction of sp³-hybridized carbons (Fsp3) is 0.333. The van der Waals surface area contributed by atoms with Crippen molar-refractivity contribution in [2.24, 2.45) is 0 Å². The van der Waals surface area contributed by atoms with Crippen molar-refractivity contribution in [1.29, 1.82) is 0 Å². The van der Waals surface area contributed by atoms with Crippen LogP contribution in [0.4, 0.5) is 5.69 Å². The van der Waals surface area contributed by atoms with E-state index in [0.29, 0.717) is 26.3 Å². The highest BCUT2D eigenvalue weighted by molar-refractivity contribution is 7.82. The van der Waals surface area contributed by atoms with E-state index in [4.69, 9.17) is 17.0 Å². The number of carbonyl (C=O) groups excluding carboxylic acids is 1. The molecule has 0 spiro atoms. The van der Waals surface area contributed by atoms with Crippen LogP contribution in [0.2, 0.25) is 0 Å². The molecule has 0 bridgehead atoms. The minimum absolute atomic E-state index is 0.0315. The lowest BCUT2D eigenvalue weighted by atomic mass is 10.1. The predicted octanol–water partition coefficient (Wildman–Crippen LogP) is 1.44. The average molecular weight is 280 g/mol. The van der Waals surface area contributed by atoms with Crippen molar-refractivity contribution in [1.82, 2.24) is 4.90 Å². The highest BCUT2D eigenvalue weighted by Crippen LogP contribution is 2.19. The molecule has 1 aromatic rings. The van der Waals surface area contributed by atoms with Gasteiger partial charge in [-0.05, 0) is 6.07 Å². The molecule has 0 saturated carbocycles. The lowest BCUT2D eigenvalue weighted by molar-refractivity contribution is -0.385. The second-order valence-electron chi connectivity index (χ2n) is 4.01. The summed E-state index contributed by atoms with van der Waals surface area (Å²) < 4.78 is 5.18. The topological polar surface area (TPSA) is 72.7 Å². The summed E-state index contributed by atoms with van der Waals surface area (Å²) in [5, 5.41) is 10.9. The number of ether oxygens (including phenoxy) is 1. The van der Waals surface area contributed by atoms with Gasteiger partial charge in [-0.15, -0.1) is 0 Å². The molecule has 0 amide bonds. The molecule has 7 heteroatoms. The molecular weight excluding hydrogens is 268 g/mol. The molecule has 2 rings (SSSR count). The van der Waals surface area contributed by atoms with Crippen molar-refractivity contribution in [2.75, 3.05) is 26.3 Å². The van der Waals surface area contributed by atoms with Gasteiger partial charge in [0, 0.05) is 19.2 Å². The Morgan fingerprint density at radius 3 is 2.58 bits per heavy atom. The Hall–Kier alpha value is -1.86. The summed E-state index contributed by atoms with van der Waals surface area (Å²) in [4.78, 5) is 24.4. The largest absolute Gasteiger partial charge is 0.378 e. The van der Waals surface area contributed by atoms with Crippen molar-refractivity contribution in [2.45, 2.75) is 0 Å². The van der Waals surface area contributed by atoms with E-state index in [1.165, 1.54) is 18.2 Å². The smallest absolute Gasteiger partial charge is 0.280 e. The lowest BCUT2D eigenvalue weighted by Crippen LogP contribution is -2.43. The first-order valence-electron chi connectivity index (χ1n) is 5.76. The molecule has 1 saturated heterocycles. The first kappa shape index (κ1) is 13.6. The van der Waals surface area contributed by atoms with Crippen LogP contribution in [-0.4, -0.2) is 46.9 Å². The van der Waals surface area contributed by atoms with Gasteiger partial charge < -0.3 is 9.64 Å². The number of hydrogen-bond acceptors (Lipinski definition) is 5. The number of Topliss-reactive ketones (excluding diaryl/α,β-unsaturated/α-hetero) is 1. The summed E-state index contributed by atoms with van der Waals surface area (Å²) in [5.74, 6) is -0.482. The van der Waals surface area contributed by atoms with Gasteiger partial charge in [-0.25, -0.2) is 0 Å². The lowest BCUT2D eigenvalue weighted by Gasteiger charge is -2.28. The third kappa shape index (κ3) is 2.94. The van der Waals surface area contributed by atoms with Crippen molar-refractivity contribution in [3.05, 3.63) is 39.9 Å². The van der Waals surface area contributed by atoms with E-state index in [9.17, 15) is 14.9 Å². The minimum atomic E-state index is -0.574. The molecule has 1 heterocycles. The normalized spacial score (nSPS) is 15.1. The highest BCUT2D eigenvalue weighted by atomic mass is 32.1. The van der Waals surface area contributed by atoms with E-state index in [1.807, 2.05) is 0 Å². The van der Waals surface area contributed by atoms with Gasteiger partial charge in [0.05, 0.1) is 18.1 Å². The standard InChI is InChI=1S/C12H12N2O4S/c15-11(12(19)13-5-7-18-8-6-13)9-3-1-2-4-10(9)14(16)17/h1-4H,5-8H2. The van der Waals surface area contributed by atoms with Crippen LogP contribution >= 0.6 is 12.2 Å². The first-order valence-corrected chi connectivity index (χ1v) is 6.17. The van der Waals surface area contributed by atoms with E-state index in [1.54, 1.807) is 11.0 Å². The zero-order valence-electron chi connectivity index (χ0n) is 10.1. The monoisotopic (exact) mass is 280 g/mol. The quantitative estimate of drug-likeness (QED) is 0.361. The van der Waals surface area contributed by atoms with E-state index >= 15 is 0 Å². The summed E-state index contributed by atoms with van der Waals surface area (Å²) in [6, 6.07) is 5.83. The predicted molar refractivity (Wildman–Crippen MR) is 72.4 cm³/mol. The van der Waals surface area contributed by atoms with Crippen LogP contribution < -0.4 is 0 Å². The van der Waals surface area contributed by atoms with E-state index < -0.39 is 10.7 Å². The maximum absolute atomic E-state index is 12.2. The van der Waals surface area contributed by atoms with Gasteiger partial charge in [0.15, 0.2) is 4.99 Å². The number of rotatable bonds is 3. The third-order valence-electron chi connectivity index (χ3n) is 2.84. The summed E-state index contributed by atoms with van der Waals surface area (Å²) >= 11 is 5.12. The van der Waals surface area contributed by atoms with Crippen LogP contribution in [0.5, 0.6) is 0 Å². The Kier molecular flexibility index (Phi) is 4.18. The molecule has 100 valence electrons. The van der Waals surface area contributed by atoms with Crippen molar-refractivity contribution in [3.8, 4) is 0 Å². The number of ketones is 1. The Bertz CT molecular complexity index is 526. The number of thiocarbonyl (C=S) groups is 1. The molecule has 0 unspecified atom stereocenters. The van der Waals surface area contributed by atoms with Gasteiger partial charge in [-0.3, -0.25) is 14.9 Å². The number of carbonyl (C=O) groups is 1. The van der Waals surface area contributed by atoms with E-state index in [0.717, 1.165) is 0 Å². The van der Waals surface area contributed by atoms with Crippen LogP contribution in [0.15, 0.2) is 24.3 Å². The van der Waals surface area contributed by atoms with E-state index in [-0.39, 0.29) is 16.2 Å². The molecule has 1 aliphatic rings. The fourth-order valence-electron chi connectivity index (χ4n) is 1.85. The van der Waals surface area contributed by atoms with Crippen LogP contribution in [-0.2, 0) is 4.74 Å². The average Bonchev–Trinajstić information content (AvgIpc) is 2.46. The zero-order valence-corrected chi connectivity index (χ0v) is 10.9. The zero-order chi connectivity index (χ0) is 13.8. The second-order valence-corrected chi connectivity index (χ2v) is 4.39. The highest BCUT2D eigenvalue weighted by Gasteiger charge is 2.26. The van der Waals surface area contributed by atoms with Crippen molar-refractivity contribution >= 4 is 28.7 Å². The minimum Gasteiger partial charge on any atom is -0.378 e. The van der Waals surface area contributed by atoms with Crippen LogP contribution in [0.3, 0.4) is 0 Å². The molecule has 6 nitrogen and oxygen atoms in total. The van der Waals surface area contributed by atoms with Gasteiger partial charge in [-0.2, -0.15) is 0 Å². The number of benzene rings is 1. The molecular formula is C12H12N2O4S. The molecule has 1 aliphatic heterocycles. The Morgan fingerprint density at radius 2 is 1.95 bits per heavy atom. The molecule has 0 aliphatic carbocycles. The summed E-state index contributed by atoms with van der Waals surface area (Å²) in [6.45, 7) is 2.07. The molecule has 0 radical (unpaired) electrons. The summed E-state index contributed by atoms with van der Waals surface area (Å²) in [6.07, 6.45) is 0. The first-order chi connectivity index (χ1) is 9.11. The Balaban J connectivity index is 2.24. The number of nitrogens with zero attached hydrogens (tertiary/aromatic N) is 2. The number of hydrogen-bond donors (Lipinski definition) is 0. The number of nitro groups is 1. The maximum Gasteiger partial charge on any atom is 0.280 e. The van der Waals surface area contributed by atoms with Gasteiger partial charge in [0.1, 0.15) is 5.56 Å². The van der Waals surface area contributed by atoms with Gasteiger partial charge >= 0.3 is 0 Å². The second kappa shape index (κ2) is 5.85. The molecule has 0 N–H and O–H groups in total. The summed E-state index contributed by atoms with van der Waals surface area (Å²) in [7, 11) is 0. The number of morpholine rings is 1. The fourth-order valence-corrected chi connectivity index (χ4v) is 2.14. The maximum atomic E-state index is 12.2. The van der Waals surface area contributed by atoms with Crippen molar-refractivity contribution in [3.63, 3.8) is 0 Å². The molecule has 1 aromatic carbocycles. The van der Waals surface area contributed by atoms with Crippen LogP contribution in [0.1, 0.15) is 10.4 Å². The van der Waals surface area contributed by atoms with Crippen molar-refractivity contribution < 1.29 is 14.5 Å². The van der Waals surface area contributed by atoms with E-state index in [2.05, 4.69) is 0 Å². The number of nitro benzene ring substituents is 1. The Morgan fingerprint density at radius 1 is 1.32 bits per heavy atom.